The highest BCUT2D eigenvalue weighted by Crippen LogP contribution is 2.15. The maximum absolute atomic E-state index is 12.1. The van der Waals surface area contributed by atoms with Gasteiger partial charge in [-0.2, -0.15) is 0 Å². The number of hydrogen-bond donors (Lipinski definition) is 2. The number of nitrogens with one attached hydrogen (secondary N) is 1. The van der Waals surface area contributed by atoms with Crippen molar-refractivity contribution in [2.24, 2.45) is 11.8 Å². The van der Waals surface area contributed by atoms with Crippen LogP contribution in [0, 0.1) is 11.8 Å². The minimum atomic E-state index is -0.984. The number of carboxylic acid groups (broad SMARTS) is 1. The Morgan fingerprint density at radius 2 is 2.20 bits per heavy atom. The van der Waals surface area contributed by atoms with Crippen molar-refractivity contribution in [3.8, 4) is 0 Å². The van der Waals surface area contributed by atoms with E-state index in [1.165, 1.54) is 0 Å². The summed E-state index contributed by atoms with van der Waals surface area (Å²) in [6.45, 7) is 5.80. The molecule has 0 radical (unpaired) electrons. The highest BCUT2D eigenvalue weighted by atomic mass is 16.5. The molecule has 116 valence electrons. The first kappa shape index (κ1) is 16.8. The van der Waals surface area contributed by atoms with Gasteiger partial charge in [-0.1, -0.05) is 20.3 Å². The number of rotatable bonds is 6. The first-order valence-corrected chi connectivity index (χ1v) is 7.27. The second kappa shape index (κ2) is 8.09. The lowest BCUT2D eigenvalue weighted by molar-refractivity contribution is -0.140. The third-order valence-electron chi connectivity index (χ3n) is 3.89. The van der Waals surface area contributed by atoms with E-state index in [1.54, 1.807) is 11.9 Å². The van der Waals surface area contributed by atoms with Crippen LogP contribution in [0.15, 0.2) is 0 Å². The third kappa shape index (κ3) is 5.00. The average molecular weight is 286 g/mol. The van der Waals surface area contributed by atoms with Gasteiger partial charge < -0.3 is 20.1 Å². The van der Waals surface area contributed by atoms with E-state index < -0.39 is 12.0 Å². The molecule has 0 aromatic heterocycles. The lowest BCUT2D eigenvalue weighted by atomic mass is 9.99. The van der Waals surface area contributed by atoms with Gasteiger partial charge in [-0.05, 0) is 18.8 Å². The SMILES string of the molecule is CCC(C)[C@H](NC(=O)N(C)CC1CCCOC1)C(=O)O. The molecule has 1 fully saturated rings. The van der Waals surface area contributed by atoms with Gasteiger partial charge in [0.05, 0.1) is 6.61 Å². The summed E-state index contributed by atoms with van der Waals surface area (Å²) in [4.78, 5) is 24.8. The summed E-state index contributed by atoms with van der Waals surface area (Å²) in [7, 11) is 1.69. The number of aliphatic carboxylic acids is 1. The normalized spacial score (nSPS) is 21.9. The first-order valence-electron chi connectivity index (χ1n) is 7.27. The van der Waals surface area contributed by atoms with Crippen LogP contribution in [-0.2, 0) is 9.53 Å². The van der Waals surface area contributed by atoms with Gasteiger partial charge in [-0.3, -0.25) is 0 Å². The minimum Gasteiger partial charge on any atom is -0.480 e. The molecule has 2 N–H and O–H groups in total. The standard InChI is InChI=1S/C14H26N2O4/c1-4-10(2)12(13(17)18)15-14(19)16(3)8-11-6-5-7-20-9-11/h10-12H,4-9H2,1-3H3,(H,15,19)(H,17,18)/t10?,11?,12-/m0/s1. The van der Waals surface area contributed by atoms with Gasteiger partial charge in [0, 0.05) is 26.1 Å². The number of nitrogens with zero attached hydrogens (tertiary/aromatic N) is 1. The molecule has 0 bridgehead atoms. The van der Waals surface area contributed by atoms with Gasteiger partial charge in [-0.25, -0.2) is 9.59 Å². The number of urea groups is 1. The molecule has 0 saturated carbocycles. The Labute approximate surface area is 120 Å². The summed E-state index contributed by atoms with van der Waals surface area (Å²) in [5.74, 6) is -0.739. The summed E-state index contributed by atoms with van der Waals surface area (Å²) < 4.78 is 5.39. The topological polar surface area (TPSA) is 78.9 Å². The molecule has 3 atom stereocenters. The predicted octanol–water partition coefficient (Wildman–Crippen LogP) is 1.55. The van der Waals surface area contributed by atoms with Crippen molar-refractivity contribution < 1.29 is 19.4 Å². The van der Waals surface area contributed by atoms with Crippen LogP contribution < -0.4 is 5.32 Å². The van der Waals surface area contributed by atoms with E-state index in [0.717, 1.165) is 19.4 Å². The van der Waals surface area contributed by atoms with Gasteiger partial charge >= 0.3 is 12.0 Å². The minimum absolute atomic E-state index is 0.0946. The van der Waals surface area contributed by atoms with Gasteiger partial charge in [0.15, 0.2) is 0 Å². The zero-order chi connectivity index (χ0) is 15.1. The largest absolute Gasteiger partial charge is 0.480 e. The number of amides is 2. The molecule has 0 aromatic carbocycles. The molecular formula is C14H26N2O4. The van der Waals surface area contributed by atoms with Crippen molar-refractivity contribution in [2.75, 3.05) is 26.8 Å². The average Bonchev–Trinajstić information content (AvgIpc) is 2.44. The van der Waals surface area contributed by atoms with Crippen molar-refractivity contribution in [1.29, 1.82) is 0 Å². The van der Waals surface area contributed by atoms with Gasteiger partial charge in [0.1, 0.15) is 6.04 Å². The lowest BCUT2D eigenvalue weighted by Gasteiger charge is -2.29. The summed E-state index contributed by atoms with van der Waals surface area (Å²) in [5, 5.41) is 11.8. The molecule has 1 rings (SSSR count). The van der Waals surface area contributed by atoms with Crippen LogP contribution in [0.25, 0.3) is 0 Å². The van der Waals surface area contributed by atoms with Crippen molar-refractivity contribution in [1.82, 2.24) is 10.2 Å². The van der Waals surface area contributed by atoms with Crippen LogP contribution in [0.4, 0.5) is 4.79 Å². The zero-order valence-electron chi connectivity index (χ0n) is 12.6. The summed E-state index contributed by atoms with van der Waals surface area (Å²) in [6, 6.07) is -1.17. The molecule has 0 aromatic rings. The van der Waals surface area contributed by atoms with Crippen LogP contribution in [0.3, 0.4) is 0 Å². The first-order chi connectivity index (χ1) is 9.45. The molecule has 1 saturated heterocycles. The number of carbonyl (C=O) groups excluding carboxylic acids is 1. The van der Waals surface area contributed by atoms with Crippen LogP contribution in [-0.4, -0.2) is 54.9 Å². The number of hydrogen-bond acceptors (Lipinski definition) is 3. The summed E-state index contributed by atoms with van der Waals surface area (Å²) in [5.41, 5.74) is 0. The quantitative estimate of drug-likeness (QED) is 0.776. The van der Waals surface area contributed by atoms with Crippen LogP contribution in [0.5, 0.6) is 0 Å². The van der Waals surface area contributed by atoms with Gasteiger partial charge in [0.25, 0.3) is 0 Å². The lowest BCUT2D eigenvalue weighted by Crippen LogP contribution is -2.50. The van der Waals surface area contributed by atoms with E-state index >= 15 is 0 Å². The van der Waals surface area contributed by atoms with E-state index in [2.05, 4.69) is 5.32 Å². The van der Waals surface area contributed by atoms with Crippen molar-refractivity contribution in [3.05, 3.63) is 0 Å². The maximum Gasteiger partial charge on any atom is 0.326 e. The van der Waals surface area contributed by atoms with Crippen LogP contribution in [0.2, 0.25) is 0 Å². The maximum atomic E-state index is 12.1. The van der Waals surface area contributed by atoms with Crippen LogP contribution >= 0.6 is 0 Å². The van der Waals surface area contributed by atoms with Gasteiger partial charge in [0.2, 0.25) is 0 Å². The molecule has 6 nitrogen and oxygen atoms in total. The molecule has 20 heavy (non-hydrogen) atoms. The molecule has 2 amide bonds. The predicted molar refractivity (Wildman–Crippen MR) is 75.6 cm³/mol. The number of carboxylic acids is 1. The van der Waals surface area contributed by atoms with Crippen molar-refractivity contribution in [3.63, 3.8) is 0 Å². The molecule has 2 unspecified atom stereocenters. The van der Waals surface area contributed by atoms with E-state index in [0.29, 0.717) is 25.5 Å². The second-order valence-electron chi connectivity index (χ2n) is 5.61. The van der Waals surface area contributed by atoms with E-state index in [1.807, 2.05) is 13.8 Å². The third-order valence-corrected chi connectivity index (χ3v) is 3.89. The fourth-order valence-electron chi connectivity index (χ4n) is 2.35. The van der Waals surface area contributed by atoms with Gasteiger partial charge in [-0.15, -0.1) is 0 Å². The Morgan fingerprint density at radius 1 is 1.50 bits per heavy atom. The molecule has 0 aliphatic carbocycles. The smallest absolute Gasteiger partial charge is 0.326 e. The highest BCUT2D eigenvalue weighted by Gasteiger charge is 2.27. The molecule has 0 spiro atoms. The fourth-order valence-corrected chi connectivity index (χ4v) is 2.35. The van der Waals surface area contributed by atoms with Crippen LogP contribution in [0.1, 0.15) is 33.1 Å². The molecule has 1 heterocycles. The second-order valence-corrected chi connectivity index (χ2v) is 5.61. The fraction of sp³-hybridized carbons (Fsp3) is 0.857. The Morgan fingerprint density at radius 3 is 2.70 bits per heavy atom. The Kier molecular flexibility index (Phi) is 6.78. The van der Waals surface area contributed by atoms with Crippen molar-refractivity contribution in [2.45, 2.75) is 39.2 Å². The van der Waals surface area contributed by atoms with E-state index in [9.17, 15) is 14.7 Å². The summed E-state index contributed by atoms with van der Waals surface area (Å²) in [6.07, 6.45) is 2.77. The van der Waals surface area contributed by atoms with Crippen molar-refractivity contribution >= 4 is 12.0 Å². The highest BCUT2D eigenvalue weighted by molar-refractivity contribution is 5.82. The number of ether oxygens (including phenoxy) is 1. The summed E-state index contributed by atoms with van der Waals surface area (Å²) >= 11 is 0. The molecule has 1 aliphatic rings. The van der Waals surface area contributed by atoms with E-state index in [4.69, 9.17) is 4.74 Å². The Bertz CT molecular complexity index is 329. The molecule has 6 heteroatoms. The molecular weight excluding hydrogens is 260 g/mol. The van der Waals surface area contributed by atoms with E-state index in [-0.39, 0.29) is 11.9 Å². The monoisotopic (exact) mass is 286 g/mol. The zero-order valence-corrected chi connectivity index (χ0v) is 12.6. The Balaban J connectivity index is 2.48. The Hall–Kier alpha value is -1.30. The molecule has 1 aliphatic heterocycles. The number of carbonyl (C=O) groups is 2.